The van der Waals surface area contributed by atoms with Crippen LogP contribution >= 0.6 is 0 Å². The van der Waals surface area contributed by atoms with E-state index in [1.54, 1.807) is 0 Å². The minimum atomic E-state index is -0.0770. The fourth-order valence-corrected chi connectivity index (χ4v) is 10.7. The molecule has 0 aliphatic heterocycles. The van der Waals surface area contributed by atoms with E-state index in [-0.39, 0.29) is 5.41 Å². The predicted molar refractivity (Wildman–Crippen MR) is 266 cm³/mol. The van der Waals surface area contributed by atoms with Crippen LogP contribution in [0.1, 0.15) is 25.0 Å². The maximum absolute atomic E-state index is 6.62. The highest BCUT2D eigenvalue weighted by Crippen LogP contribution is 2.52. The molecule has 13 aromatic rings. The molecule has 310 valence electrons. The summed E-state index contributed by atoms with van der Waals surface area (Å²) in [4.78, 5) is 15.9. The zero-order chi connectivity index (χ0) is 43.7. The summed E-state index contributed by atoms with van der Waals surface area (Å²) in [6.07, 6.45) is 0. The molecule has 9 aromatic carbocycles. The fourth-order valence-electron chi connectivity index (χ4n) is 10.7. The third kappa shape index (κ3) is 5.33. The van der Waals surface area contributed by atoms with Crippen LogP contribution in [0.15, 0.2) is 201 Å². The van der Waals surface area contributed by atoms with Crippen LogP contribution in [0.2, 0.25) is 0 Å². The number of para-hydroxylation sites is 3. The molecule has 0 radical (unpaired) electrons. The van der Waals surface area contributed by atoms with Gasteiger partial charge in [0.2, 0.25) is 0 Å². The van der Waals surface area contributed by atoms with E-state index in [4.69, 9.17) is 28.2 Å². The summed E-state index contributed by atoms with van der Waals surface area (Å²) in [5.41, 5.74) is 17.0. The Morgan fingerprint density at radius 2 is 0.833 bits per heavy atom. The van der Waals surface area contributed by atoms with Crippen molar-refractivity contribution in [2.45, 2.75) is 19.3 Å². The summed E-state index contributed by atoms with van der Waals surface area (Å²) in [6.45, 7) is 4.66. The Labute approximate surface area is 378 Å². The number of benzene rings is 9. The molecule has 0 bridgehead atoms. The summed E-state index contributed by atoms with van der Waals surface area (Å²) < 4.78 is 19.5. The van der Waals surface area contributed by atoms with Gasteiger partial charge in [-0.15, -0.1) is 0 Å². The lowest BCUT2D eigenvalue weighted by atomic mass is 9.82. The minimum absolute atomic E-state index is 0.0770. The molecule has 0 spiro atoms. The summed E-state index contributed by atoms with van der Waals surface area (Å²) in [5, 5.41) is 5.89. The largest absolute Gasteiger partial charge is 0.456 e. The van der Waals surface area contributed by atoms with Gasteiger partial charge >= 0.3 is 0 Å². The molecule has 66 heavy (non-hydrogen) atoms. The van der Waals surface area contributed by atoms with Gasteiger partial charge in [-0.1, -0.05) is 153 Å². The lowest BCUT2D eigenvalue weighted by molar-refractivity contribution is 0.660. The number of hydrogen-bond acceptors (Lipinski definition) is 6. The topological polar surface area (TPSA) is 78.1 Å². The molecule has 0 N–H and O–H groups in total. The van der Waals surface area contributed by atoms with Gasteiger partial charge in [0.1, 0.15) is 33.5 Å². The highest BCUT2D eigenvalue weighted by molar-refractivity contribution is 6.15. The molecule has 0 unspecified atom stereocenters. The summed E-state index contributed by atoms with van der Waals surface area (Å²) in [7, 11) is 0. The van der Waals surface area contributed by atoms with Crippen LogP contribution in [0.25, 0.3) is 133 Å². The normalized spacial score (nSPS) is 13.1. The van der Waals surface area contributed by atoms with Gasteiger partial charge in [-0.05, 0) is 93.0 Å². The van der Waals surface area contributed by atoms with Crippen molar-refractivity contribution in [1.29, 1.82) is 0 Å². The number of nitrogens with zero attached hydrogens (tertiary/aromatic N) is 3. The Hall–Kier alpha value is -8.61. The van der Waals surface area contributed by atoms with Crippen molar-refractivity contribution in [2.24, 2.45) is 0 Å². The van der Waals surface area contributed by atoms with Crippen molar-refractivity contribution in [3.8, 4) is 67.5 Å². The highest BCUT2D eigenvalue weighted by atomic mass is 16.3. The molecule has 6 nitrogen and oxygen atoms in total. The molecule has 6 heteroatoms. The van der Waals surface area contributed by atoms with Gasteiger partial charge in [0.05, 0.1) is 5.56 Å². The van der Waals surface area contributed by atoms with Gasteiger partial charge in [0.25, 0.3) is 0 Å². The Bertz CT molecular complexity index is 4170. The number of hydrogen-bond donors (Lipinski definition) is 0. The monoisotopic (exact) mass is 847 g/mol. The molecule has 1 aliphatic carbocycles. The molecular weight excluding hydrogens is 811 g/mol. The molecular formula is C60H37N3O3. The van der Waals surface area contributed by atoms with E-state index in [9.17, 15) is 0 Å². The van der Waals surface area contributed by atoms with Crippen LogP contribution in [-0.2, 0) is 5.41 Å². The van der Waals surface area contributed by atoms with Crippen LogP contribution in [0.5, 0.6) is 0 Å². The molecule has 14 rings (SSSR count). The SMILES string of the molecule is CC1(C)c2ccccc2-c2c(-c3cccc(-c4ccc5oc6cccc(-c7nc(-c8cccc9c8oc8ccccc89)nc(-c8cccc9oc%10ccccc%10c89)n7)c6c5c4)c3)cccc21. The van der Waals surface area contributed by atoms with E-state index in [0.717, 1.165) is 93.6 Å². The van der Waals surface area contributed by atoms with Crippen molar-refractivity contribution in [1.82, 2.24) is 15.0 Å². The first kappa shape index (κ1) is 36.8. The first-order chi connectivity index (χ1) is 32.5. The Morgan fingerprint density at radius 1 is 0.333 bits per heavy atom. The van der Waals surface area contributed by atoms with Crippen molar-refractivity contribution in [3.63, 3.8) is 0 Å². The summed E-state index contributed by atoms with van der Waals surface area (Å²) >= 11 is 0. The maximum atomic E-state index is 6.62. The van der Waals surface area contributed by atoms with E-state index in [1.807, 2.05) is 72.8 Å². The molecule has 4 aromatic heterocycles. The van der Waals surface area contributed by atoms with Gasteiger partial charge in [-0.2, -0.15) is 0 Å². The third-order valence-electron chi connectivity index (χ3n) is 13.8. The van der Waals surface area contributed by atoms with E-state index in [1.165, 1.54) is 33.4 Å². The van der Waals surface area contributed by atoms with Crippen LogP contribution in [0.4, 0.5) is 0 Å². The molecule has 0 atom stereocenters. The molecule has 1 aliphatic rings. The molecule has 0 amide bonds. The van der Waals surface area contributed by atoms with E-state index in [2.05, 4.69) is 129 Å². The van der Waals surface area contributed by atoms with Gasteiger partial charge in [-0.3, -0.25) is 0 Å². The average molecular weight is 848 g/mol. The van der Waals surface area contributed by atoms with E-state index in [0.29, 0.717) is 17.5 Å². The van der Waals surface area contributed by atoms with E-state index < -0.39 is 0 Å². The second-order valence-corrected chi connectivity index (χ2v) is 17.8. The maximum Gasteiger partial charge on any atom is 0.167 e. The molecule has 0 saturated heterocycles. The lowest BCUT2D eigenvalue weighted by Gasteiger charge is -2.21. The average Bonchev–Trinajstić information content (AvgIpc) is 4.12. The second kappa shape index (κ2) is 13.7. The third-order valence-corrected chi connectivity index (χ3v) is 13.8. The van der Waals surface area contributed by atoms with Crippen LogP contribution < -0.4 is 0 Å². The van der Waals surface area contributed by atoms with Crippen LogP contribution in [0.3, 0.4) is 0 Å². The molecule has 4 heterocycles. The van der Waals surface area contributed by atoms with Crippen molar-refractivity contribution in [2.75, 3.05) is 0 Å². The van der Waals surface area contributed by atoms with Crippen molar-refractivity contribution in [3.05, 3.63) is 199 Å². The molecule has 0 fully saturated rings. The van der Waals surface area contributed by atoms with Crippen molar-refractivity contribution >= 4 is 65.8 Å². The minimum Gasteiger partial charge on any atom is -0.456 e. The predicted octanol–water partition coefficient (Wildman–Crippen LogP) is 16.2. The zero-order valence-corrected chi connectivity index (χ0v) is 36.0. The number of aromatic nitrogens is 3. The van der Waals surface area contributed by atoms with Gasteiger partial charge in [-0.25, -0.2) is 15.0 Å². The second-order valence-electron chi connectivity index (χ2n) is 17.8. The number of fused-ring (bicyclic) bond motifs is 12. The lowest BCUT2D eigenvalue weighted by Crippen LogP contribution is -2.14. The zero-order valence-electron chi connectivity index (χ0n) is 36.0. The number of rotatable bonds is 5. The van der Waals surface area contributed by atoms with Gasteiger partial charge < -0.3 is 13.3 Å². The van der Waals surface area contributed by atoms with Crippen LogP contribution in [-0.4, -0.2) is 15.0 Å². The van der Waals surface area contributed by atoms with Crippen molar-refractivity contribution < 1.29 is 13.3 Å². The Kier molecular flexibility index (Phi) is 7.64. The Balaban J connectivity index is 0.967. The highest BCUT2D eigenvalue weighted by Gasteiger charge is 2.36. The standard InChI is InChI=1S/C60H37N3O3/c1-60(2)46-24-6-3-17-40(46)53-37(19-11-25-47(53)60)36-15-9-14-34(32-36)35-30-31-50-45(33-35)55-43(22-13-29-52(55)65-50)58-61-57(42-21-12-28-51-54(42)41-18-5-8-27-49(41)64-51)62-59(63-58)44-23-10-20-39-38-16-4-7-26-48(38)66-56(39)44/h3-33H,1-2H3. The summed E-state index contributed by atoms with van der Waals surface area (Å²) in [5.74, 6) is 1.56. The first-order valence-corrected chi connectivity index (χ1v) is 22.3. The fraction of sp³-hybridized carbons (Fsp3) is 0.0500. The smallest absolute Gasteiger partial charge is 0.167 e. The Morgan fingerprint density at radius 3 is 1.62 bits per heavy atom. The van der Waals surface area contributed by atoms with Crippen LogP contribution in [0, 0.1) is 0 Å². The molecule has 0 saturated carbocycles. The van der Waals surface area contributed by atoms with E-state index >= 15 is 0 Å². The first-order valence-electron chi connectivity index (χ1n) is 22.3. The van der Waals surface area contributed by atoms with Gasteiger partial charge in [0.15, 0.2) is 17.5 Å². The quantitative estimate of drug-likeness (QED) is 0.172. The van der Waals surface area contributed by atoms with Gasteiger partial charge in [0, 0.05) is 48.9 Å². The number of furan rings is 3. The summed E-state index contributed by atoms with van der Waals surface area (Å²) in [6, 6.07) is 65.5.